The van der Waals surface area contributed by atoms with Gasteiger partial charge in [-0.05, 0) is 12.3 Å². The third-order valence-corrected chi connectivity index (χ3v) is 2.18. The minimum Gasteiger partial charge on any atom is -0.291 e. The van der Waals surface area contributed by atoms with Crippen LogP contribution in [0.15, 0.2) is 0 Å². The van der Waals surface area contributed by atoms with Gasteiger partial charge in [0, 0.05) is 12.8 Å². The summed E-state index contributed by atoms with van der Waals surface area (Å²) in [6.07, 6.45) is 3.41. The van der Waals surface area contributed by atoms with E-state index in [0.29, 0.717) is 0 Å². The number of ketones is 2. The summed E-state index contributed by atoms with van der Waals surface area (Å²) in [5.41, 5.74) is 0. The molecule has 0 radical (unpaired) electrons. The Morgan fingerprint density at radius 1 is 1.45 bits per heavy atom. The van der Waals surface area contributed by atoms with Crippen molar-refractivity contribution in [1.82, 2.24) is 0 Å². The molecule has 1 rings (SSSR count). The zero-order valence-corrected chi connectivity index (χ0v) is 7.09. The van der Waals surface area contributed by atoms with Crippen LogP contribution in [0.1, 0.15) is 33.1 Å². The van der Waals surface area contributed by atoms with Crippen molar-refractivity contribution in [1.29, 1.82) is 0 Å². The van der Waals surface area contributed by atoms with Gasteiger partial charge in [-0.1, -0.05) is 19.8 Å². The van der Waals surface area contributed by atoms with Crippen molar-refractivity contribution in [3.63, 3.8) is 0 Å². The van der Waals surface area contributed by atoms with Gasteiger partial charge in [-0.3, -0.25) is 9.59 Å². The van der Waals surface area contributed by atoms with Crippen molar-refractivity contribution in [2.45, 2.75) is 33.1 Å². The standard InChI is InChI=1S/C9H14O2/c1-6(5-8-3-4-8)9(11)7(2)10/h6,8H,3-5H2,1-2H3/t6-/m0/s1. The second kappa shape index (κ2) is 3.16. The van der Waals surface area contributed by atoms with Crippen LogP contribution < -0.4 is 0 Å². The van der Waals surface area contributed by atoms with Gasteiger partial charge in [0.05, 0.1) is 0 Å². The lowest BCUT2D eigenvalue weighted by Gasteiger charge is -2.05. The molecule has 0 aromatic heterocycles. The fourth-order valence-corrected chi connectivity index (χ4v) is 1.31. The Balaban J connectivity index is 2.32. The second-order valence-electron chi connectivity index (χ2n) is 3.50. The number of hydrogen-bond donors (Lipinski definition) is 0. The van der Waals surface area contributed by atoms with E-state index in [1.807, 2.05) is 6.92 Å². The normalized spacial score (nSPS) is 19.5. The molecule has 1 aliphatic carbocycles. The maximum Gasteiger partial charge on any atom is 0.200 e. The third kappa shape index (κ3) is 2.45. The fraction of sp³-hybridized carbons (Fsp3) is 0.778. The van der Waals surface area contributed by atoms with Gasteiger partial charge in [0.25, 0.3) is 0 Å². The summed E-state index contributed by atoms with van der Waals surface area (Å²) >= 11 is 0. The summed E-state index contributed by atoms with van der Waals surface area (Å²) in [6.45, 7) is 3.20. The van der Waals surface area contributed by atoms with Crippen molar-refractivity contribution in [2.24, 2.45) is 11.8 Å². The molecule has 0 amide bonds. The summed E-state index contributed by atoms with van der Waals surface area (Å²) in [6, 6.07) is 0. The summed E-state index contributed by atoms with van der Waals surface area (Å²) in [7, 11) is 0. The molecule has 1 saturated carbocycles. The minimum absolute atomic E-state index is 0.0417. The number of Topliss-reactive ketones (excluding diaryl/α,β-unsaturated/α-hetero) is 2. The van der Waals surface area contributed by atoms with Crippen molar-refractivity contribution in [3.05, 3.63) is 0 Å². The molecule has 0 bridgehead atoms. The van der Waals surface area contributed by atoms with Gasteiger partial charge in [0.2, 0.25) is 5.78 Å². The van der Waals surface area contributed by atoms with Gasteiger partial charge < -0.3 is 0 Å². The monoisotopic (exact) mass is 154 g/mol. The smallest absolute Gasteiger partial charge is 0.200 e. The number of carbonyl (C=O) groups excluding carboxylic acids is 2. The lowest BCUT2D eigenvalue weighted by molar-refractivity contribution is -0.137. The third-order valence-electron chi connectivity index (χ3n) is 2.18. The van der Waals surface area contributed by atoms with Crippen molar-refractivity contribution >= 4 is 11.6 Å². The Bertz CT molecular complexity index is 180. The molecule has 1 aliphatic rings. The van der Waals surface area contributed by atoms with E-state index in [9.17, 15) is 9.59 Å². The molecular weight excluding hydrogens is 140 g/mol. The van der Waals surface area contributed by atoms with Crippen LogP contribution in [0.5, 0.6) is 0 Å². The van der Waals surface area contributed by atoms with Crippen LogP contribution in [0.25, 0.3) is 0 Å². The van der Waals surface area contributed by atoms with Crippen molar-refractivity contribution in [3.8, 4) is 0 Å². The number of carbonyl (C=O) groups is 2. The summed E-state index contributed by atoms with van der Waals surface area (Å²) in [4.78, 5) is 21.7. The Morgan fingerprint density at radius 2 is 2.00 bits per heavy atom. The second-order valence-corrected chi connectivity index (χ2v) is 3.50. The zero-order valence-electron chi connectivity index (χ0n) is 7.09. The molecule has 0 unspecified atom stereocenters. The van der Waals surface area contributed by atoms with E-state index in [1.165, 1.54) is 19.8 Å². The first kappa shape index (κ1) is 8.44. The van der Waals surface area contributed by atoms with Crippen molar-refractivity contribution in [2.75, 3.05) is 0 Å². The van der Waals surface area contributed by atoms with Crippen LogP contribution >= 0.6 is 0 Å². The number of hydrogen-bond acceptors (Lipinski definition) is 2. The molecule has 0 aromatic rings. The minimum atomic E-state index is -0.293. The Labute approximate surface area is 67.0 Å². The molecule has 0 saturated heterocycles. The molecule has 0 aromatic carbocycles. The maximum atomic E-state index is 11.1. The zero-order chi connectivity index (χ0) is 8.43. The van der Waals surface area contributed by atoms with E-state index >= 15 is 0 Å². The molecule has 62 valence electrons. The first-order valence-electron chi connectivity index (χ1n) is 4.16. The van der Waals surface area contributed by atoms with Crippen molar-refractivity contribution < 1.29 is 9.59 Å². The first-order valence-corrected chi connectivity index (χ1v) is 4.16. The quantitative estimate of drug-likeness (QED) is 0.576. The van der Waals surface area contributed by atoms with Crippen LogP contribution in [0.2, 0.25) is 0 Å². The molecule has 2 heteroatoms. The highest BCUT2D eigenvalue weighted by Crippen LogP contribution is 2.35. The Hall–Kier alpha value is -0.660. The highest BCUT2D eigenvalue weighted by molar-refractivity contribution is 6.36. The van der Waals surface area contributed by atoms with E-state index in [0.717, 1.165) is 12.3 Å². The van der Waals surface area contributed by atoms with E-state index in [-0.39, 0.29) is 17.5 Å². The molecule has 1 atom stereocenters. The van der Waals surface area contributed by atoms with Gasteiger partial charge >= 0.3 is 0 Å². The average molecular weight is 154 g/mol. The average Bonchev–Trinajstić information content (AvgIpc) is 2.69. The SMILES string of the molecule is CC(=O)C(=O)[C@@H](C)CC1CC1. The predicted molar refractivity (Wildman–Crippen MR) is 42.2 cm³/mol. The summed E-state index contributed by atoms with van der Waals surface area (Å²) in [5, 5.41) is 0. The molecule has 0 spiro atoms. The van der Waals surface area contributed by atoms with Crippen LogP contribution in [0.4, 0.5) is 0 Å². The summed E-state index contributed by atoms with van der Waals surface area (Å²) in [5.74, 6) is 0.198. The number of rotatable bonds is 4. The van der Waals surface area contributed by atoms with Crippen LogP contribution in [-0.4, -0.2) is 11.6 Å². The van der Waals surface area contributed by atoms with Crippen LogP contribution in [0.3, 0.4) is 0 Å². The van der Waals surface area contributed by atoms with Gasteiger partial charge in [-0.2, -0.15) is 0 Å². The fourth-order valence-electron chi connectivity index (χ4n) is 1.31. The van der Waals surface area contributed by atoms with Gasteiger partial charge in [-0.15, -0.1) is 0 Å². The van der Waals surface area contributed by atoms with E-state index in [2.05, 4.69) is 0 Å². The Morgan fingerprint density at radius 3 is 2.36 bits per heavy atom. The lowest BCUT2D eigenvalue weighted by atomic mass is 9.97. The van der Waals surface area contributed by atoms with E-state index in [4.69, 9.17) is 0 Å². The molecule has 1 fully saturated rings. The topological polar surface area (TPSA) is 34.1 Å². The molecule has 2 nitrogen and oxygen atoms in total. The highest BCUT2D eigenvalue weighted by atomic mass is 16.2. The largest absolute Gasteiger partial charge is 0.291 e. The van der Waals surface area contributed by atoms with E-state index < -0.39 is 0 Å². The van der Waals surface area contributed by atoms with Gasteiger partial charge in [0.1, 0.15) is 0 Å². The van der Waals surface area contributed by atoms with Gasteiger partial charge in [0.15, 0.2) is 5.78 Å². The lowest BCUT2D eigenvalue weighted by Crippen LogP contribution is -2.19. The highest BCUT2D eigenvalue weighted by Gasteiger charge is 2.27. The molecule has 11 heavy (non-hydrogen) atoms. The Kier molecular flexibility index (Phi) is 2.42. The first-order chi connectivity index (χ1) is 5.11. The molecule has 0 heterocycles. The maximum absolute atomic E-state index is 11.1. The molecular formula is C9H14O2. The predicted octanol–water partition coefficient (Wildman–Crippen LogP) is 1.58. The van der Waals surface area contributed by atoms with Crippen LogP contribution in [-0.2, 0) is 9.59 Å². The molecule has 0 N–H and O–H groups in total. The van der Waals surface area contributed by atoms with E-state index in [1.54, 1.807) is 0 Å². The molecule has 0 aliphatic heterocycles. The summed E-state index contributed by atoms with van der Waals surface area (Å²) < 4.78 is 0. The van der Waals surface area contributed by atoms with Crippen LogP contribution in [0, 0.1) is 11.8 Å². The van der Waals surface area contributed by atoms with Gasteiger partial charge in [-0.25, -0.2) is 0 Å².